The van der Waals surface area contributed by atoms with Gasteiger partial charge in [0.05, 0.1) is 5.25 Å². The van der Waals surface area contributed by atoms with Gasteiger partial charge in [-0.25, -0.2) is 4.98 Å². The third-order valence-corrected chi connectivity index (χ3v) is 4.10. The number of aromatic nitrogens is 1. The largest absolute Gasteiger partial charge is 0.465 e. The number of rotatable bonds is 4. The molecule has 2 N–H and O–H groups in total. The van der Waals surface area contributed by atoms with Crippen LogP contribution in [0.2, 0.25) is 0 Å². The van der Waals surface area contributed by atoms with Crippen LogP contribution in [-0.4, -0.2) is 11.5 Å². The Morgan fingerprint density at radius 3 is 3.00 bits per heavy atom. The van der Waals surface area contributed by atoms with Crippen molar-refractivity contribution < 1.29 is 4.42 Å². The molecule has 3 nitrogen and oxygen atoms in total. The van der Waals surface area contributed by atoms with Gasteiger partial charge in [0.1, 0.15) is 11.5 Å². The second-order valence-electron chi connectivity index (χ2n) is 3.09. The Hall–Kier alpha value is -0.780. The summed E-state index contributed by atoms with van der Waals surface area (Å²) in [6, 6.07) is 3.94. The summed E-state index contributed by atoms with van der Waals surface area (Å²) >= 11 is 3.27. The van der Waals surface area contributed by atoms with Crippen LogP contribution in [0.4, 0.5) is 0 Å². The van der Waals surface area contributed by atoms with E-state index >= 15 is 0 Å². The van der Waals surface area contributed by atoms with E-state index in [1.807, 2.05) is 24.4 Å². The van der Waals surface area contributed by atoms with Gasteiger partial charge < -0.3 is 10.2 Å². The predicted molar refractivity (Wildman–Crippen MR) is 63.2 cm³/mol. The maximum absolute atomic E-state index is 5.73. The average molecular weight is 240 g/mol. The smallest absolute Gasteiger partial charge is 0.150 e. The van der Waals surface area contributed by atoms with Gasteiger partial charge in [-0.05, 0) is 19.1 Å². The molecule has 5 heteroatoms. The maximum atomic E-state index is 5.73. The van der Waals surface area contributed by atoms with Gasteiger partial charge in [-0.15, -0.1) is 11.3 Å². The topological polar surface area (TPSA) is 52.0 Å². The van der Waals surface area contributed by atoms with Crippen molar-refractivity contribution in [2.24, 2.45) is 5.73 Å². The molecule has 2 aromatic heterocycles. The number of nitrogens with two attached hydrogens (primary N) is 1. The standard InChI is InChI=1S/C10H12N2OS2/c1-7-2-3-8(13-7)9(6-11)15-10-12-4-5-14-10/h2-5,9H,6,11H2,1H3. The van der Waals surface area contributed by atoms with E-state index in [0.29, 0.717) is 6.54 Å². The van der Waals surface area contributed by atoms with Gasteiger partial charge in [0, 0.05) is 18.1 Å². The summed E-state index contributed by atoms with van der Waals surface area (Å²) in [4.78, 5) is 4.22. The van der Waals surface area contributed by atoms with E-state index in [1.165, 1.54) is 0 Å². The number of thiazole rings is 1. The summed E-state index contributed by atoms with van der Waals surface area (Å²) in [6.45, 7) is 2.49. The number of furan rings is 1. The van der Waals surface area contributed by atoms with Crippen LogP contribution in [0.1, 0.15) is 16.8 Å². The van der Waals surface area contributed by atoms with Gasteiger partial charge in [-0.2, -0.15) is 0 Å². The molecular weight excluding hydrogens is 228 g/mol. The van der Waals surface area contributed by atoms with Gasteiger partial charge in [0.15, 0.2) is 4.34 Å². The molecule has 0 saturated carbocycles. The van der Waals surface area contributed by atoms with Crippen LogP contribution in [0.5, 0.6) is 0 Å². The third kappa shape index (κ3) is 2.62. The zero-order valence-electron chi connectivity index (χ0n) is 8.34. The number of hydrogen-bond acceptors (Lipinski definition) is 5. The minimum absolute atomic E-state index is 0.157. The quantitative estimate of drug-likeness (QED) is 0.835. The monoisotopic (exact) mass is 240 g/mol. The molecule has 0 spiro atoms. The van der Waals surface area contributed by atoms with Crippen molar-refractivity contribution in [1.29, 1.82) is 0 Å². The van der Waals surface area contributed by atoms with Crippen LogP contribution >= 0.6 is 23.1 Å². The SMILES string of the molecule is Cc1ccc(C(CN)Sc2nccs2)o1. The maximum Gasteiger partial charge on any atom is 0.150 e. The Bertz CT molecular complexity index is 411. The second-order valence-corrected chi connectivity index (χ2v) is 5.43. The van der Waals surface area contributed by atoms with E-state index in [4.69, 9.17) is 10.2 Å². The molecule has 0 radical (unpaired) electrons. The number of hydrogen-bond donors (Lipinski definition) is 1. The Balaban J connectivity index is 2.11. The molecule has 80 valence electrons. The molecule has 2 aromatic rings. The highest BCUT2D eigenvalue weighted by Crippen LogP contribution is 2.35. The highest BCUT2D eigenvalue weighted by atomic mass is 32.2. The molecule has 1 unspecified atom stereocenters. The van der Waals surface area contributed by atoms with Crippen LogP contribution in [0.15, 0.2) is 32.5 Å². The molecule has 0 aliphatic rings. The molecule has 0 bridgehead atoms. The first kappa shape index (κ1) is 10.7. The van der Waals surface area contributed by atoms with Crippen LogP contribution in [0.25, 0.3) is 0 Å². The Morgan fingerprint density at radius 1 is 1.60 bits per heavy atom. The van der Waals surface area contributed by atoms with E-state index in [-0.39, 0.29) is 5.25 Å². The Kier molecular flexibility index (Phi) is 3.45. The van der Waals surface area contributed by atoms with Crippen molar-refractivity contribution in [3.63, 3.8) is 0 Å². The summed E-state index contributed by atoms with van der Waals surface area (Å²) < 4.78 is 6.59. The molecule has 2 rings (SSSR count). The number of aryl methyl sites for hydroxylation is 1. The third-order valence-electron chi connectivity index (χ3n) is 1.95. The molecule has 2 heterocycles. The lowest BCUT2D eigenvalue weighted by atomic mass is 10.3. The predicted octanol–water partition coefficient (Wildman–Crippen LogP) is 2.84. The van der Waals surface area contributed by atoms with Crippen LogP contribution < -0.4 is 5.73 Å². The van der Waals surface area contributed by atoms with Gasteiger partial charge >= 0.3 is 0 Å². The lowest BCUT2D eigenvalue weighted by Gasteiger charge is -2.08. The van der Waals surface area contributed by atoms with Crippen LogP contribution in [-0.2, 0) is 0 Å². The van der Waals surface area contributed by atoms with E-state index in [2.05, 4.69) is 4.98 Å². The van der Waals surface area contributed by atoms with Gasteiger partial charge in [0.2, 0.25) is 0 Å². The van der Waals surface area contributed by atoms with Gasteiger partial charge in [-0.1, -0.05) is 11.8 Å². The normalized spacial score (nSPS) is 12.9. The fraction of sp³-hybridized carbons (Fsp3) is 0.300. The molecular formula is C10H12N2OS2. The fourth-order valence-electron chi connectivity index (χ4n) is 1.24. The van der Waals surface area contributed by atoms with Crippen LogP contribution in [0.3, 0.4) is 0 Å². The van der Waals surface area contributed by atoms with E-state index in [1.54, 1.807) is 29.3 Å². The number of thioether (sulfide) groups is 1. The van der Waals surface area contributed by atoms with Gasteiger partial charge in [-0.3, -0.25) is 0 Å². The molecule has 0 aliphatic carbocycles. The Morgan fingerprint density at radius 2 is 2.47 bits per heavy atom. The minimum Gasteiger partial charge on any atom is -0.465 e. The van der Waals surface area contributed by atoms with Crippen LogP contribution in [0, 0.1) is 6.92 Å². The van der Waals surface area contributed by atoms with Gasteiger partial charge in [0.25, 0.3) is 0 Å². The first-order chi connectivity index (χ1) is 7.29. The first-order valence-electron chi connectivity index (χ1n) is 4.62. The Labute approximate surface area is 96.7 Å². The molecule has 0 amide bonds. The summed E-state index contributed by atoms with van der Waals surface area (Å²) in [5.41, 5.74) is 5.73. The summed E-state index contributed by atoms with van der Waals surface area (Å²) in [6.07, 6.45) is 1.80. The highest BCUT2D eigenvalue weighted by molar-refractivity contribution is 8.01. The first-order valence-corrected chi connectivity index (χ1v) is 6.38. The van der Waals surface area contributed by atoms with Crippen molar-refractivity contribution in [2.45, 2.75) is 16.5 Å². The van der Waals surface area contributed by atoms with E-state index in [9.17, 15) is 0 Å². The minimum atomic E-state index is 0.157. The second kappa shape index (κ2) is 4.83. The molecule has 1 atom stereocenters. The van der Waals surface area contributed by atoms with E-state index < -0.39 is 0 Å². The average Bonchev–Trinajstić information content (AvgIpc) is 2.85. The summed E-state index contributed by atoms with van der Waals surface area (Å²) in [5.74, 6) is 1.85. The molecule has 0 aliphatic heterocycles. The molecule has 15 heavy (non-hydrogen) atoms. The lowest BCUT2D eigenvalue weighted by Crippen LogP contribution is -2.08. The molecule has 0 fully saturated rings. The number of nitrogens with zero attached hydrogens (tertiary/aromatic N) is 1. The zero-order valence-corrected chi connectivity index (χ0v) is 9.98. The van der Waals surface area contributed by atoms with Crippen molar-refractivity contribution in [2.75, 3.05) is 6.54 Å². The van der Waals surface area contributed by atoms with Crippen molar-refractivity contribution in [3.8, 4) is 0 Å². The zero-order chi connectivity index (χ0) is 10.7. The lowest BCUT2D eigenvalue weighted by molar-refractivity contribution is 0.481. The molecule has 0 aromatic carbocycles. The van der Waals surface area contributed by atoms with Crippen molar-refractivity contribution in [1.82, 2.24) is 4.98 Å². The summed E-state index contributed by atoms with van der Waals surface area (Å²) in [7, 11) is 0. The fourth-order valence-corrected chi connectivity index (χ4v) is 3.04. The summed E-state index contributed by atoms with van der Waals surface area (Å²) in [5, 5.41) is 2.12. The molecule has 0 saturated heterocycles. The highest BCUT2D eigenvalue weighted by Gasteiger charge is 2.16. The van der Waals surface area contributed by atoms with E-state index in [0.717, 1.165) is 15.9 Å². The van der Waals surface area contributed by atoms with Crippen molar-refractivity contribution >= 4 is 23.1 Å². The van der Waals surface area contributed by atoms with Crippen molar-refractivity contribution in [3.05, 3.63) is 35.2 Å².